The van der Waals surface area contributed by atoms with Crippen molar-refractivity contribution >= 4 is 0 Å². The van der Waals surface area contributed by atoms with Gasteiger partial charge in [-0.15, -0.1) is 0 Å². The molecular formula is C14H22N4. The van der Waals surface area contributed by atoms with Gasteiger partial charge in [0.05, 0.1) is 6.20 Å². The standard InChI is InChI=1S/C14H22N4/c1-12(2)10-18-11-13(8-16-18)7-15-9-14-5-4-6-17(14)3/h4-6,8,11-12,15H,7,9-10H2,1-3H3. The Morgan fingerprint density at radius 3 is 2.83 bits per heavy atom. The topological polar surface area (TPSA) is 34.8 Å². The Bertz CT molecular complexity index is 481. The molecule has 0 amide bonds. The van der Waals surface area contributed by atoms with Crippen molar-refractivity contribution in [3.63, 3.8) is 0 Å². The van der Waals surface area contributed by atoms with Gasteiger partial charge in [-0.3, -0.25) is 4.68 Å². The Balaban J connectivity index is 1.80. The molecule has 0 aromatic carbocycles. The van der Waals surface area contributed by atoms with Crippen molar-refractivity contribution < 1.29 is 0 Å². The zero-order chi connectivity index (χ0) is 13.0. The maximum Gasteiger partial charge on any atom is 0.0534 e. The quantitative estimate of drug-likeness (QED) is 0.847. The van der Waals surface area contributed by atoms with E-state index >= 15 is 0 Å². The lowest BCUT2D eigenvalue weighted by Crippen LogP contribution is -2.14. The fraction of sp³-hybridized carbons (Fsp3) is 0.500. The average molecular weight is 246 g/mol. The predicted octanol–water partition coefficient (Wildman–Crippen LogP) is 2.17. The van der Waals surface area contributed by atoms with E-state index in [1.165, 1.54) is 11.3 Å². The molecule has 4 heteroatoms. The summed E-state index contributed by atoms with van der Waals surface area (Å²) in [6.45, 7) is 7.14. The first-order valence-electron chi connectivity index (χ1n) is 6.47. The van der Waals surface area contributed by atoms with Crippen LogP contribution in [0.25, 0.3) is 0 Å². The molecule has 2 aromatic rings. The third-order valence-corrected chi connectivity index (χ3v) is 2.93. The predicted molar refractivity (Wildman–Crippen MR) is 73.0 cm³/mol. The summed E-state index contributed by atoms with van der Waals surface area (Å²) in [5.41, 5.74) is 2.54. The summed E-state index contributed by atoms with van der Waals surface area (Å²) in [5, 5.41) is 7.80. The highest BCUT2D eigenvalue weighted by atomic mass is 15.3. The molecule has 0 aliphatic heterocycles. The lowest BCUT2D eigenvalue weighted by molar-refractivity contribution is 0.482. The fourth-order valence-corrected chi connectivity index (χ4v) is 1.99. The van der Waals surface area contributed by atoms with Gasteiger partial charge >= 0.3 is 0 Å². The molecule has 18 heavy (non-hydrogen) atoms. The molecule has 0 saturated carbocycles. The second kappa shape index (κ2) is 5.87. The molecule has 1 N–H and O–H groups in total. The SMILES string of the molecule is CC(C)Cn1cc(CNCc2cccn2C)cn1. The summed E-state index contributed by atoms with van der Waals surface area (Å²) in [7, 11) is 2.07. The molecular weight excluding hydrogens is 224 g/mol. The third-order valence-electron chi connectivity index (χ3n) is 2.93. The second-order valence-corrected chi connectivity index (χ2v) is 5.18. The van der Waals surface area contributed by atoms with Crippen LogP contribution in [-0.2, 0) is 26.7 Å². The summed E-state index contributed by atoms with van der Waals surface area (Å²) in [5.74, 6) is 0.633. The number of hydrogen-bond acceptors (Lipinski definition) is 2. The fourth-order valence-electron chi connectivity index (χ4n) is 1.99. The lowest BCUT2D eigenvalue weighted by atomic mass is 10.2. The molecule has 0 fully saturated rings. The van der Waals surface area contributed by atoms with Crippen molar-refractivity contribution in [2.24, 2.45) is 13.0 Å². The number of nitrogens with zero attached hydrogens (tertiary/aromatic N) is 3. The van der Waals surface area contributed by atoms with E-state index in [1.807, 2.05) is 10.9 Å². The van der Waals surface area contributed by atoms with E-state index < -0.39 is 0 Å². The molecule has 0 spiro atoms. The van der Waals surface area contributed by atoms with Crippen LogP contribution in [0.2, 0.25) is 0 Å². The van der Waals surface area contributed by atoms with Crippen molar-refractivity contribution in [1.82, 2.24) is 19.7 Å². The van der Waals surface area contributed by atoms with Crippen LogP contribution < -0.4 is 5.32 Å². The van der Waals surface area contributed by atoms with Gasteiger partial charge < -0.3 is 9.88 Å². The Hall–Kier alpha value is -1.55. The van der Waals surface area contributed by atoms with Gasteiger partial charge in [0.15, 0.2) is 0 Å². The summed E-state index contributed by atoms with van der Waals surface area (Å²) in [6.07, 6.45) is 6.13. The minimum Gasteiger partial charge on any atom is -0.353 e. The van der Waals surface area contributed by atoms with Crippen LogP contribution in [0.4, 0.5) is 0 Å². The molecule has 98 valence electrons. The molecule has 0 unspecified atom stereocenters. The Morgan fingerprint density at radius 2 is 2.17 bits per heavy atom. The van der Waals surface area contributed by atoms with Crippen molar-refractivity contribution in [2.45, 2.75) is 33.5 Å². The van der Waals surface area contributed by atoms with Gasteiger partial charge in [-0.1, -0.05) is 13.8 Å². The number of aromatic nitrogens is 3. The van der Waals surface area contributed by atoms with Crippen LogP contribution in [0.15, 0.2) is 30.7 Å². The van der Waals surface area contributed by atoms with Crippen LogP contribution in [0.3, 0.4) is 0 Å². The molecule has 2 rings (SSSR count). The van der Waals surface area contributed by atoms with E-state index in [0.29, 0.717) is 5.92 Å². The monoisotopic (exact) mass is 246 g/mol. The second-order valence-electron chi connectivity index (χ2n) is 5.18. The van der Waals surface area contributed by atoms with E-state index in [2.05, 4.69) is 60.4 Å². The maximum absolute atomic E-state index is 4.36. The maximum atomic E-state index is 4.36. The minimum absolute atomic E-state index is 0.633. The number of aryl methyl sites for hydroxylation is 1. The van der Waals surface area contributed by atoms with Gasteiger partial charge in [-0.2, -0.15) is 5.10 Å². The Labute approximate surface area is 109 Å². The third kappa shape index (κ3) is 3.47. The Morgan fingerprint density at radius 1 is 1.33 bits per heavy atom. The molecule has 0 saturated heterocycles. The first kappa shape index (κ1) is 12.9. The van der Waals surface area contributed by atoms with Crippen molar-refractivity contribution in [2.75, 3.05) is 0 Å². The lowest BCUT2D eigenvalue weighted by Gasteiger charge is -2.05. The Kier molecular flexibility index (Phi) is 4.20. The van der Waals surface area contributed by atoms with E-state index in [0.717, 1.165) is 19.6 Å². The van der Waals surface area contributed by atoms with Gasteiger partial charge in [0.2, 0.25) is 0 Å². The molecule has 0 bridgehead atoms. The summed E-state index contributed by atoms with van der Waals surface area (Å²) >= 11 is 0. The molecule has 4 nitrogen and oxygen atoms in total. The molecule has 0 aliphatic carbocycles. The molecule has 2 heterocycles. The van der Waals surface area contributed by atoms with E-state index in [9.17, 15) is 0 Å². The van der Waals surface area contributed by atoms with E-state index in [1.54, 1.807) is 0 Å². The number of rotatable bonds is 6. The average Bonchev–Trinajstić information content (AvgIpc) is 2.89. The highest BCUT2D eigenvalue weighted by Crippen LogP contribution is 2.03. The van der Waals surface area contributed by atoms with Crippen molar-refractivity contribution in [3.8, 4) is 0 Å². The van der Waals surface area contributed by atoms with E-state index in [4.69, 9.17) is 0 Å². The molecule has 0 aliphatic rings. The van der Waals surface area contributed by atoms with Crippen molar-refractivity contribution in [3.05, 3.63) is 42.0 Å². The zero-order valence-corrected chi connectivity index (χ0v) is 11.4. The minimum atomic E-state index is 0.633. The van der Waals surface area contributed by atoms with Gasteiger partial charge in [-0.05, 0) is 18.1 Å². The first-order chi connectivity index (χ1) is 8.65. The van der Waals surface area contributed by atoms with E-state index in [-0.39, 0.29) is 0 Å². The van der Waals surface area contributed by atoms with Gasteiger partial charge in [0.25, 0.3) is 0 Å². The summed E-state index contributed by atoms with van der Waals surface area (Å²) in [6, 6.07) is 4.20. The highest BCUT2D eigenvalue weighted by molar-refractivity contribution is 5.07. The largest absolute Gasteiger partial charge is 0.353 e. The zero-order valence-electron chi connectivity index (χ0n) is 11.4. The summed E-state index contributed by atoms with van der Waals surface area (Å²) < 4.78 is 4.15. The highest BCUT2D eigenvalue weighted by Gasteiger charge is 2.01. The van der Waals surface area contributed by atoms with Crippen LogP contribution in [0.1, 0.15) is 25.1 Å². The van der Waals surface area contributed by atoms with Gasteiger partial charge in [0.1, 0.15) is 0 Å². The van der Waals surface area contributed by atoms with Gasteiger partial charge in [-0.25, -0.2) is 0 Å². The van der Waals surface area contributed by atoms with Crippen molar-refractivity contribution in [1.29, 1.82) is 0 Å². The van der Waals surface area contributed by atoms with Crippen LogP contribution >= 0.6 is 0 Å². The number of nitrogens with one attached hydrogen (secondary N) is 1. The number of hydrogen-bond donors (Lipinski definition) is 1. The van der Waals surface area contributed by atoms with Crippen LogP contribution in [0, 0.1) is 5.92 Å². The molecule has 0 radical (unpaired) electrons. The first-order valence-corrected chi connectivity index (χ1v) is 6.47. The molecule has 2 aromatic heterocycles. The molecule has 0 atom stereocenters. The van der Waals surface area contributed by atoms with Crippen LogP contribution in [0.5, 0.6) is 0 Å². The smallest absolute Gasteiger partial charge is 0.0534 e. The summed E-state index contributed by atoms with van der Waals surface area (Å²) in [4.78, 5) is 0. The normalized spacial score (nSPS) is 11.3. The van der Waals surface area contributed by atoms with Crippen LogP contribution in [-0.4, -0.2) is 14.3 Å². The van der Waals surface area contributed by atoms with Gasteiger partial charge in [0, 0.05) is 50.3 Å².